The number of fused-ring (bicyclic) bond motifs is 2. The number of rotatable bonds is 7. The Hall–Kier alpha value is -3.89. The molecule has 5 aromatic rings. The first-order valence-electron chi connectivity index (χ1n) is 11.5. The van der Waals surface area contributed by atoms with Crippen LogP contribution in [0.4, 0.5) is 13.2 Å². The molecular formula is C27H19Cl2F3N2O5. The summed E-state index contributed by atoms with van der Waals surface area (Å²) in [5, 5.41) is 15.5. The van der Waals surface area contributed by atoms with Crippen LogP contribution in [0.5, 0.6) is 11.5 Å². The Kier molecular flexibility index (Phi) is 6.86. The molecule has 3 aromatic carbocycles. The largest absolute Gasteiger partial charge is 0.573 e. The van der Waals surface area contributed by atoms with E-state index in [0.29, 0.717) is 54.4 Å². The Bertz CT molecular complexity index is 1730. The third-order valence-electron chi connectivity index (χ3n) is 6.21. The van der Waals surface area contributed by atoms with Gasteiger partial charge >= 0.3 is 12.3 Å². The Balaban J connectivity index is 1.68. The average molecular weight is 579 g/mol. The number of aliphatic carboxylic acids is 1. The van der Waals surface area contributed by atoms with Gasteiger partial charge in [-0.25, -0.2) is 4.79 Å². The molecule has 0 unspecified atom stereocenters. The first-order chi connectivity index (χ1) is 18.4. The predicted octanol–water partition coefficient (Wildman–Crippen LogP) is 7.86. The Morgan fingerprint density at radius 3 is 2.51 bits per heavy atom. The van der Waals surface area contributed by atoms with E-state index in [2.05, 4.69) is 9.89 Å². The maximum Gasteiger partial charge on any atom is 0.573 e. The molecule has 2 heterocycles. The number of hydrogen-bond acceptors (Lipinski definition) is 5. The van der Waals surface area contributed by atoms with Gasteiger partial charge in [0.1, 0.15) is 17.2 Å². The molecule has 0 saturated carbocycles. The van der Waals surface area contributed by atoms with Crippen LogP contribution < -0.4 is 9.47 Å². The van der Waals surface area contributed by atoms with Crippen LogP contribution in [0.25, 0.3) is 33.1 Å². The molecule has 0 amide bonds. The second kappa shape index (κ2) is 10.0. The molecular weight excluding hydrogens is 560 g/mol. The molecule has 7 nitrogen and oxygen atoms in total. The SMILES string of the molecule is Cc1c(-c2noc3cc(Cl)ccc23)c2ccc(OC(F)(F)F)cc2n1Cc1cc(O[C@H](C)C(=O)O)ccc1Cl. The number of hydrogen-bond donors (Lipinski definition) is 1. The van der Waals surface area contributed by atoms with E-state index in [1.165, 1.54) is 25.1 Å². The first kappa shape index (κ1) is 26.7. The van der Waals surface area contributed by atoms with E-state index in [9.17, 15) is 23.1 Å². The van der Waals surface area contributed by atoms with Gasteiger partial charge < -0.3 is 23.7 Å². The van der Waals surface area contributed by atoms with Crippen molar-refractivity contribution in [1.82, 2.24) is 9.72 Å². The monoisotopic (exact) mass is 578 g/mol. The predicted molar refractivity (Wildman–Crippen MR) is 140 cm³/mol. The summed E-state index contributed by atoms with van der Waals surface area (Å²) in [5.74, 6) is -1.25. The molecule has 0 aliphatic heterocycles. The van der Waals surface area contributed by atoms with Crippen molar-refractivity contribution in [3.05, 3.63) is 75.9 Å². The number of carboxylic acid groups (broad SMARTS) is 1. The number of benzene rings is 3. The van der Waals surface area contributed by atoms with Gasteiger partial charge in [0.05, 0.1) is 5.52 Å². The van der Waals surface area contributed by atoms with E-state index in [1.54, 1.807) is 47.9 Å². The minimum absolute atomic E-state index is 0.122. The Labute approximate surface area is 229 Å². The molecule has 5 rings (SSSR count). The maximum absolute atomic E-state index is 13.0. The minimum Gasteiger partial charge on any atom is -0.479 e. The van der Waals surface area contributed by atoms with Gasteiger partial charge in [0.25, 0.3) is 0 Å². The van der Waals surface area contributed by atoms with Crippen molar-refractivity contribution in [2.45, 2.75) is 32.9 Å². The van der Waals surface area contributed by atoms with Crippen molar-refractivity contribution in [2.24, 2.45) is 0 Å². The van der Waals surface area contributed by atoms with Crippen LogP contribution in [0.2, 0.25) is 10.0 Å². The normalized spacial score (nSPS) is 12.7. The lowest BCUT2D eigenvalue weighted by molar-refractivity contribution is -0.274. The van der Waals surface area contributed by atoms with Crippen molar-refractivity contribution in [3.63, 3.8) is 0 Å². The molecule has 0 fully saturated rings. The van der Waals surface area contributed by atoms with E-state index in [0.717, 1.165) is 0 Å². The van der Waals surface area contributed by atoms with Gasteiger partial charge in [-0.15, -0.1) is 13.2 Å². The summed E-state index contributed by atoms with van der Waals surface area (Å²) in [6.07, 6.45) is -5.98. The number of halogens is 5. The number of carbonyl (C=O) groups is 1. The van der Waals surface area contributed by atoms with Gasteiger partial charge in [-0.05, 0) is 61.9 Å². The van der Waals surface area contributed by atoms with Gasteiger partial charge in [0, 0.05) is 50.8 Å². The van der Waals surface area contributed by atoms with Crippen LogP contribution in [0.15, 0.2) is 59.1 Å². The smallest absolute Gasteiger partial charge is 0.479 e. The molecule has 39 heavy (non-hydrogen) atoms. The highest BCUT2D eigenvalue weighted by atomic mass is 35.5. The molecule has 0 saturated heterocycles. The summed E-state index contributed by atoms with van der Waals surface area (Å²) in [4.78, 5) is 11.2. The fourth-order valence-corrected chi connectivity index (χ4v) is 4.76. The second-order valence-electron chi connectivity index (χ2n) is 8.80. The lowest BCUT2D eigenvalue weighted by Crippen LogP contribution is -2.22. The van der Waals surface area contributed by atoms with Crippen molar-refractivity contribution >= 4 is 51.0 Å². The molecule has 2 aromatic heterocycles. The van der Waals surface area contributed by atoms with Gasteiger partial charge in [-0.3, -0.25) is 0 Å². The third-order valence-corrected chi connectivity index (χ3v) is 6.81. The molecule has 0 radical (unpaired) electrons. The number of nitrogens with zero attached hydrogens (tertiary/aromatic N) is 2. The highest BCUT2D eigenvalue weighted by Crippen LogP contribution is 2.41. The zero-order chi connectivity index (χ0) is 28.1. The number of ether oxygens (including phenoxy) is 2. The summed E-state index contributed by atoms with van der Waals surface area (Å²) in [6.45, 7) is 3.32. The average Bonchev–Trinajstić information content (AvgIpc) is 3.37. The van der Waals surface area contributed by atoms with Crippen LogP contribution in [0.1, 0.15) is 18.2 Å². The van der Waals surface area contributed by atoms with Crippen LogP contribution in [0.3, 0.4) is 0 Å². The molecule has 0 bridgehead atoms. The number of alkyl halides is 3. The fourth-order valence-electron chi connectivity index (χ4n) is 4.42. The highest BCUT2D eigenvalue weighted by molar-refractivity contribution is 6.31. The summed E-state index contributed by atoms with van der Waals surface area (Å²) in [6, 6.07) is 13.8. The molecule has 202 valence electrons. The molecule has 12 heteroatoms. The maximum atomic E-state index is 13.0. The summed E-state index contributed by atoms with van der Waals surface area (Å²) >= 11 is 12.6. The van der Waals surface area contributed by atoms with Crippen LogP contribution >= 0.6 is 23.2 Å². The minimum atomic E-state index is -4.87. The van der Waals surface area contributed by atoms with Gasteiger partial charge in [0.2, 0.25) is 0 Å². The van der Waals surface area contributed by atoms with E-state index >= 15 is 0 Å². The standard InChI is InChI=1S/C27H19Cl2F3N2O5/c1-13-24(25-20-6-3-16(28)10-23(20)39-33-25)19-7-4-18(38-27(30,31)32)11-22(19)34(13)12-15-9-17(5-8-21(15)29)37-14(2)26(35)36/h3-11,14H,12H2,1-2H3,(H,35,36)/t14-/m1/s1. The molecule has 1 atom stereocenters. The molecule has 0 spiro atoms. The van der Waals surface area contributed by atoms with E-state index in [-0.39, 0.29) is 12.3 Å². The van der Waals surface area contributed by atoms with Gasteiger partial charge in [-0.2, -0.15) is 0 Å². The van der Waals surface area contributed by atoms with Crippen molar-refractivity contribution in [3.8, 4) is 22.8 Å². The Morgan fingerprint density at radius 1 is 1.08 bits per heavy atom. The van der Waals surface area contributed by atoms with Crippen molar-refractivity contribution in [2.75, 3.05) is 0 Å². The zero-order valence-corrected chi connectivity index (χ0v) is 21.9. The molecule has 0 aliphatic rings. The van der Waals surface area contributed by atoms with Crippen LogP contribution in [-0.4, -0.2) is 33.3 Å². The van der Waals surface area contributed by atoms with E-state index in [1.807, 2.05) is 0 Å². The van der Waals surface area contributed by atoms with E-state index < -0.39 is 24.2 Å². The fraction of sp³-hybridized carbons (Fsp3) is 0.185. The first-order valence-corrected chi connectivity index (χ1v) is 12.3. The van der Waals surface area contributed by atoms with Crippen LogP contribution in [0, 0.1) is 6.92 Å². The summed E-state index contributed by atoms with van der Waals surface area (Å²) in [5.41, 5.74) is 3.24. The second-order valence-corrected chi connectivity index (χ2v) is 9.64. The van der Waals surface area contributed by atoms with Crippen LogP contribution in [-0.2, 0) is 11.3 Å². The zero-order valence-electron chi connectivity index (χ0n) is 20.3. The Morgan fingerprint density at radius 2 is 1.79 bits per heavy atom. The topological polar surface area (TPSA) is 86.7 Å². The van der Waals surface area contributed by atoms with Crippen molar-refractivity contribution in [1.29, 1.82) is 0 Å². The molecule has 0 aliphatic carbocycles. The lowest BCUT2D eigenvalue weighted by atomic mass is 10.0. The summed E-state index contributed by atoms with van der Waals surface area (Å²) < 4.78 is 56.0. The number of aromatic nitrogens is 2. The quantitative estimate of drug-likeness (QED) is 0.211. The lowest BCUT2D eigenvalue weighted by Gasteiger charge is -2.15. The van der Waals surface area contributed by atoms with Gasteiger partial charge in [-0.1, -0.05) is 28.4 Å². The third kappa shape index (κ3) is 5.35. The van der Waals surface area contributed by atoms with E-state index in [4.69, 9.17) is 32.5 Å². The van der Waals surface area contributed by atoms with Gasteiger partial charge in [0.15, 0.2) is 11.7 Å². The van der Waals surface area contributed by atoms with Crippen molar-refractivity contribution < 1.29 is 37.1 Å². The number of carboxylic acids is 1. The highest BCUT2D eigenvalue weighted by Gasteiger charge is 2.32. The summed E-state index contributed by atoms with van der Waals surface area (Å²) in [7, 11) is 0. The molecule has 1 N–H and O–H groups in total.